The molecule has 1 aliphatic rings. The van der Waals surface area contributed by atoms with E-state index >= 15 is 0 Å². The molecule has 1 fully saturated rings. The van der Waals surface area contributed by atoms with Crippen molar-refractivity contribution < 1.29 is 18.0 Å². The highest BCUT2D eigenvalue weighted by Gasteiger charge is 2.38. The van der Waals surface area contributed by atoms with E-state index < -0.39 is 11.9 Å². The van der Waals surface area contributed by atoms with E-state index in [1.165, 1.54) is 10.2 Å². The van der Waals surface area contributed by atoms with E-state index in [4.69, 9.17) is 0 Å². The molecule has 2 unspecified atom stereocenters. The summed E-state index contributed by atoms with van der Waals surface area (Å²) in [4.78, 5) is 12.6. The summed E-state index contributed by atoms with van der Waals surface area (Å²) in [5.74, 6) is 0.213. The maximum Gasteiger partial charge on any atom is 0.435 e. The molecule has 3 rings (SSSR count). The first kappa shape index (κ1) is 21.4. The topological polar surface area (TPSA) is 46.9 Å². The third kappa shape index (κ3) is 5.19. The van der Waals surface area contributed by atoms with Gasteiger partial charge in [0, 0.05) is 11.6 Å². The first-order valence-corrected chi connectivity index (χ1v) is 10.3. The Hall–Kier alpha value is -2.31. The molecule has 2 aromatic rings. The van der Waals surface area contributed by atoms with Crippen LogP contribution < -0.4 is 5.32 Å². The van der Waals surface area contributed by atoms with Gasteiger partial charge in [0.2, 0.25) is 5.91 Å². The molecule has 158 valence electrons. The molecule has 1 N–H and O–H groups in total. The number of amides is 1. The second kappa shape index (κ2) is 8.59. The first-order valence-electron chi connectivity index (χ1n) is 10.3. The van der Waals surface area contributed by atoms with Crippen LogP contribution in [0.4, 0.5) is 13.2 Å². The van der Waals surface area contributed by atoms with Gasteiger partial charge in [0.25, 0.3) is 0 Å². The quantitative estimate of drug-likeness (QED) is 0.623. The molecular formula is C22H28F3N3O. The Balaban J connectivity index is 1.70. The third-order valence-corrected chi connectivity index (χ3v) is 5.65. The van der Waals surface area contributed by atoms with Gasteiger partial charge < -0.3 is 5.32 Å². The number of alkyl halides is 3. The molecule has 4 nitrogen and oxygen atoms in total. The molecule has 7 heteroatoms. The van der Waals surface area contributed by atoms with Crippen molar-refractivity contribution in [3.05, 3.63) is 52.8 Å². The summed E-state index contributed by atoms with van der Waals surface area (Å²) in [6, 6.07) is 9.08. The van der Waals surface area contributed by atoms with Crippen LogP contribution in [-0.4, -0.2) is 15.7 Å². The number of halogens is 3. The van der Waals surface area contributed by atoms with Crippen LogP contribution in [0.25, 0.3) is 0 Å². The summed E-state index contributed by atoms with van der Waals surface area (Å²) in [6.07, 6.45) is -1.08. The van der Waals surface area contributed by atoms with Gasteiger partial charge in [-0.3, -0.25) is 9.48 Å². The SMILES string of the molecule is CCC(C)c1ccc(C(CC)NC(=O)Cn2nc(C(F)(F)F)cc2C2CC2)cc1. The largest absolute Gasteiger partial charge is 0.435 e. The summed E-state index contributed by atoms with van der Waals surface area (Å²) in [7, 11) is 0. The van der Waals surface area contributed by atoms with Crippen molar-refractivity contribution in [3.63, 3.8) is 0 Å². The van der Waals surface area contributed by atoms with Gasteiger partial charge in [-0.1, -0.05) is 45.0 Å². The Kier molecular flexibility index (Phi) is 6.34. The summed E-state index contributed by atoms with van der Waals surface area (Å²) >= 11 is 0. The smallest absolute Gasteiger partial charge is 0.348 e. The van der Waals surface area contributed by atoms with Crippen LogP contribution in [0.2, 0.25) is 0 Å². The average molecular weight is 407 g/mol. The molecule has 0 spiro atoms. The van der Waals surface area contributed by atoms with Gasteiger partial charge in [0.05, 0.1) is 6.04 Å². The standard InChI is InChI=1S/C22H28F3N3O/c1-4-14(3)15-6-8-16(9-7-15)18(5-2)26-21(29)13-28-19(17-10-11-17)12-20(27-28)22(23,24)25/h6-9,12,14,17-18H,4-5,10-11,13H2,1-3H3,(H,26,29). The molecule has 29 heavy (non-hydrogen) atoms. The predicted molar refractivity (Wildman–Crippen MR) is 106 cm³/mol. The lowest BCUT2D eigenvalue weighted by atomic mass is 9.95. The Morgan fingerprint density at radius 2 is 1.79 bits per heavy atom. The van der Waals surface area contributed by atoms with Crippen molar-refractivity contribution >= 4 is 5.91 Å². The molecule has 0 bridgehead atoms. The third-order valence-electron chi connectivity index (χ3n) is 5.65. The minimum absolute atomic E-state index is 0.0708. The Morgan fingerprint density at radius 1 is 1.17 bits per heavy atom. The molecule has 0 radical (unpaired) electrons. The van der Waals surface area contributed by atoms with E-state index in [-0.39, 0.29) is 24.4 Å². The Morgan fingerprint density at radius 3 is 2.31 bits per heavy atom. The highest BCUT2D eigenvalue weighted by Crippen LogP contribution is 2.42. The van der Waals surface area contributed by atoms with Gasteiger partial charge in [0.15, 0.2) is 5.69 Å². The van der Waals surface area contributed by atoms with Gasteiger partial charge in [-0.2, -0.15) is 18.3 Å². The van der Waals surface area contributed by atoms with Crippen molar-refractivity contribution in [2.24, 2.45) is 0 Å². The van der Waals surface area contributed by atoms with Crippen molar-refractivity contribution in [2.45, 2.75) is 77.1 Å². The number of carbonyl (C=O) groups excluding carboxylic acids is 1. The minimum atomic E-state index is -4.51. The van der Waals surface area contributed by atoms with Crippen molar-refractivity contribution in [1.82, 2.24) is 15.1 Å². The monoisotopic (exact) mass is 407 g/mol. The van der Waals surface area contributed by atoms with Crippen LogP contribution in [0.15, 0.2) is 30.3 Å². The maximum absolute atomic E-state index is 13.0. The molecule has 1 aromatic carbocycles. The normalized spacial score (nSPS) is 16.5. The van der Waals surface area contributed by atoms with Crippen molar-refractivity contribution in [3.8, 4) is 0 Å². The van der Waals surface area contributed by atoms with Crippen molar-refractivity contribution in [2.75, 3.05) is 0 Å². The molecule has 1 saturated carbocycles. The number of nitrogens with one attached hydrogen (secondary N) is 1. The fourth-order valence-corrected chi connectivity index (χ4v) is 3.49. The summed E-state index contributed by atoms with van der Waals surface area (Å²) in [5.41, 5.74) is 1.81. The van der Waals surface area contributed by atoms with Crippen LogP contribution in [0.5, 0.6) is 0 Å². The van der Waals surface area contributed by atoms with Crippen LogP contribution >= 0.6 is 0 Å². The molecule has 2 atom stereocenters. The fraction of sp³-hybridized carbons (Fsp3) is 0.545. The number of nitrogens with zero attached hydrogens (tertiary/aromatic N) is 2. The van der Waals surface area contributed by atoms with Crippen LogP contribution in [0, 0.1) is 0 Å². The number of aromatic nitrogens is 2. The molecule has 0 aliphatic heterocycles. The van der Waals surface area contributed by atoms with Crippen LogP contribution in [-0.2, 0) is 17.5 Å². The zero-order valence-corrected chi connectivity index (χ0v) is 17.1. The average Bonchev–Trinajstić information content (AvgIpc) is 3.44. The molecule has 1 amide bonds. The van der Waals surface area contributed by atoms with E-state index in [1.54, 1.807) is 0 Å². The molecule has 1 aromatic heterocycles. The van der Waals surface area contributed by atoms with Crippen LogP contribution in [0.3, 0.4) is 0 Å². The van der Waals surface area contributed by atoms with E-state index in [0.717, 1.165) is 30.9 Å². The molecule has 1 aliphatic carbocycles. The van der Waals surface area contributed by atoms with Crippen molar-refractivity contribution in [1.29, 1.82) is 0 Å². The van der Waals surface area contributed by atoms with Gasteiger partial charge in [-0.15, -0.1) is 0 Å². The van der Waals surface area contributed by atoms with Gasteiger partial charge in [-0.25, -0.2) is 0 Å². The lowest BCUT2D eigenvalue weighted by Crippen LogP contribution is -2.32. The number of carbonyl (C=O) groups is 1. The lowest BCUT2D eigenvalue weighted by Gasteiger charge is -2.19. The van der Waals surface area contributed by atoms with E-state index in [0.29, 0.717) is 18.0 Å². The van der Waals surface area contributed by atoms with Gasteiger partial charge >= 0.3 is 6.18 Å². The first-order chi connectivity index (χ1) is 13.7. The zero-order chi connectivity index (χ0) is 21.2. The summed E-state index contributed by atoms with van der Waals surface area (Å²) < 4.78 is 40.3. The van der Waals surface area contributed by atoms with E-state index in [2.05, 4.69) is 36.4 Å². The molecule has 1 heterocycles. The predicted octanol–water partition coefficient (Wildman–Crippen LogP) is 5.56. The van der Waals surface area contributed by atoms with Gasteiger partial charge in [0.1, 0.15) is 6.54 Å². The Labute approximate surface area is 169 Å². The minimum Gasteiger partial charge on any atom is -0.348 e. The summed E-state index contributed by atoms with van der Waals surface area (Å²) in [5, 5.41) is 6.61. The fourth-order valence-electron chi connectivity index (χ4n) is 3.49. The highest BCUT2D eigenvalue weighted by molar-refractivity contribution is 5.76. The second-order valence-corrected chi connectivity index (χ2v) is 7.89. The maximum atomic E-state index is 13.0. The zero-order valence-electron chi connectivity index (χ0n) is 17.1. The molecule has 0 saturated heterocycles. The number of hydrogen-bond acceptors (Lipinski definition) is 2. The lowest BCUT2D eigenvalue weighted by molar-refractivity contribution is -0.141. The summed E-state index contributed by atoms with van der Waals surface area (Å²) in [6.45, 7) is 6.08. The van der Waals surface area contributed by atoms with E-state index in [9.17, 15) is 18.0 Å². The van der Waals surface area contributed by atoms with Crippen LogP contribution in [0.1, 0.15) is 86.8 Å². The number of benzene rings is 1. The van der Waals surface area contributed by atoms with Gasteiger partial charge in [-0.05, 0) is 48.8 Å². The highest BCUT2D eigenvalue weighted by atomic mass is 19.4. The molecular weight excluding hydrogens is 379 g/mol. The number of hydrogen-bond donors (Lipinski definition) is 1. The Bertz CT molecular complexity index is 838. The second-order valence-electron chi connectivity index (χ2n) is 7.89. The van der Waals surface area contributed by atoms with E-state index in [1.807, 2.05) is 19.1 Å². The number of rotatable bonds is 8.